The molecule has 5 heteroatoms. The van der Waals surface area contributed by atoms with E-state index in [4.69, 9.17) is 0 Å². The molecule has 2 saturated heterocycles. The third kappa shape index (κ3) is 3.90. The van der Waals surface area contributed by atoms with Crippen LogP contribution in [0.25, 0.3) is 0 Å². The number of hydrogen-bond donors (Lipinski definition) is 1. The lowest BCUT2D eigenvalue weighted by molar-refractivity contribution is 0.562. The standard InChI is InChI=1S/C16H24N2O2S/c19-21(20)12-4-5-15(13-21)17-14-6-8-16(9-7-14)18-10-2-1-3-11-18/h6-9,15,17H,1-5,10-13H2. The second kappa shape index (κ2) is 6.26. The SMILES string of the molecule is O=S1(=O)CCCC(Nc2ccc(N3CCCCC3)cc2)C1. The maximum Gasteiger partial charge on any atom is 0.152 e. The smallest absolute Gasteiger partial charge is 0.152 e. The number of sulfone groups is 1. The minimum absolute atomic E-state index is 0.0598. The zero-order chi connectivity index (χ0) is 14.7. The molecule has 1 N–H and O–H groups in total. The molecule has 0 amide bonds. The van der Waals surface area contributed by atoms with Crippen molar-refractivity contribution in [1.82, 2.24) is 0 Å². The molecular weight excluding hydrogens is 284 g/mol. The van der Waals surface area contributed by atoms with Crippen LogP contribution >= 0.6 is 0 Å². The molecule has 0 spiro atoms. The van der Waals surface area contributed by atoms with Gasteiger partial charge in [0, 0.05) is 30.5 Å². The van der Waals surface area contributed by atoms with Gasteiger partial charge in [-0.1, -0.05) is 0 Å². The largest absolute Gasteiger partial charge is 0.381 e. The first-order valence-corrected chi connectivity index (χ1v) is 9.76. The van der Waals surface area contributed by atoms with E-state index in [1.165, 1.54) is 24.9 Å². The van der Waals surface area contributed by atoms with E-state index in [2.05, 4.69) is 34.5 Å². The van der Waals surface area contributed by atoms with Crippen LogP contribution in [0, 0.1) is 0 Å². The highest BCUT2D eigenvalue weighted by Gasteiger charge is 2.24. The Bertz CT molecular complexity index is 562. The lowest BCUT2D eigenvalue weighted by Gasteiger charge is -2.29. The average Bonchev–Trinajstić information content (AvgIpc) is 2.48. The number of rotatable bonds is 3. The van der Waals surface area contributed by atoms with Gasteiger partial charge < -0.3 is 10.2 Å². The van der Waals surface area contributed by atoms with E-state index in [1.807, 2.05) is 0 Å². The second-order valence-electron chi connectivity index (χ2n) is 6.19. The predicted octanol–water partition coefficient (Wildman–Crippen LogP) is 2.67. The highest BCUT2D eigenvalue weighted by molar-refractivity contribution is 7.91. The van der Waals surface area contributed by atoms with Crippen LogP contribution in [0.5, 0.6) is 0 Å². The van der Waals surface area contributed by atoms with E-state index in [9.17, 15) is 8.42 Å². The van der Waals surface area contributed by atoms with Gasteiger partial charge in [-0.3, -0.25) is 0 Å². The molecule has 0 saturated carbocycles. The van der Waals surface area contributed by atoms with Crippen molar-refractivity contribution in [1.29, 1.82) is 0 Å². The third-order valence-electron chi connectivity index (χ3n) is 4.42. The van der Waals surface area contributed by atoms with Crippen molar-refractivity contribution in [3.63, 3.8) is 0 Å². The lowest BCUT2D eigenvalue weighted by Crippen LogP contribution is -2.34. The predicted molar refractivity (Wildman–Crippen MR) is 87.8 cm³/mol. The van der Waals surface area contributed by atoms with Crippen molar-refractivity contribution < 1.29 is 8.42 Å². The molecule has 0 aromatic heterocycles. The number of benzene rings is 1. The first kappa shape index (κ1) is 14.7. The summed E-state index contributed by atoms with van der Waals surface area (Å²) in [6, 6.07) is 8.50. The Hall–Kier alpha value is -1.23. The molecule has 1 atom stereocenters. The van der Waals surface area contributed by atoms with Gasteiger partial charge >= 0.3 is 0 Å². The molecule has 2 heterocycles. The molecule has 2 aliphatic heterocycles. The van der Waals surface area contributed by atoms with Crippen molar-refractivity contribution in [2.24, 2.45) is 0 Å². The van der Waals surface area contributed by atoms with Crippen LogP contribution in [-0.2, 0) is 9.84 Å². The maximum atomic E-state index is 11.7. The van der Waals surface area contributed by atoms with E-state index in [-0.39, 0.29) is 11.8 Å². The molecule has 1 unspecified atom stereocenters. The third-order valence-corrected chi connectivity index (χ3v) is 6.24. The molecule has 0 radical (unpaired) electrons. The Morgan fingerprint density at radius 2 is 1.71 bits per heavy atom. The summed E-state index contributed by atoms with van der Waals surface area (Å²) < 4.78 is 23.3. The van der Waals surface area contributed by atoms with Crippen LogP contribution in [0.1, 0.15) is 32.1 Å². The summed E-state index contributed by atoms with van der Waals surface area (Å²) in [5.74, 6) is 0.611. The monoisotopic (exact) mass is 308 g/mol. The Morgan fingerprint density at radius 1 is 1.00 bits per heavy atom. The molecule has 0 bridgehead atoms. The maximum absolute atomic E-state index is 11.7. The van der Waals surface area contributed by atoms with Crippen molar-refractivity contribution in [3.05, 3.63) is 24.3 Å². The van der Waals surface area contributed by atoms with Gasteiger partial charge in [-0.05, 0) is 56.4 Å². The number of nitrogens with one attached hydrogen (secondary N) is 1. The van der Waals surface area contributed by atoms with E-state index >= 15 is 0 Å². The normalized spacial score (nSPS) is 25.5. The Labute approximate surface area is 127 Å². The van der Waals surface area contributed by atoms with Crippen LogP contribution < -0.4 is 10.2 Å². The zero-order valence-corrected chi connectivity index (χ0v) is 13.2. The number of hydrogen-bond acceptors (Lipinski definition) is 4. The Morgan fingerprint density at radius 3 is 2.38 bits per heavy atom. The highest BCUT2D eigenvalue weighted by Crippen LogP contribution is 2.23. The van der Waals surface area contributed by atoms with Crippen LogP contribution in [0.2, 0.25) is 0 Å². The summed E-state index contributed by atoms with van der Waals surface area (Å²) in [4.78, 5) is 2.43. The van der Waals surface area contributed by atoms with E-state index in [0.717, 1.165) is 31.6 Å². The molecule has 3 rings (SSSR count). The van der Waals surface area contributed by atoms with Gasteiger partial charge in [-0.15, -0.1) is 0 Å². The van der Waals surface area contributed by atoms with E-state index < -0.39 is 9.84 Å². The minimum atomic E-state index is -2.85. The van der Waals surface area contributed by atoms with Gasteiger partial charge in [0.05, 0.1) is 11.5 Å². The minimum Gasteiger partial charge on any atom is -0.381 e. The summed E-state index contributed by atoms with van der Waals surface area (Å²) in [5, 5.41) is 3.37. The lowest BCUT2D eigenvalue weighted by atomic mass is 10.1. The number of piperidine rings is 1. The van der Waals surface area contributed by atoms with Gasteiger partial charge in [0.25, 0.3) is 0 Å². The first-order valence-electron chi connectivity index (χ1n) is 7.94. The van der Waals surface area contributed by atoms with Crippen LogP contribution in [0.4, 0.5) is 11.4 Å². The van der Waals surface area contributed by atoms with Crippen molar-refractivity contribution in [3.8, 4) is 0 Å². The van der Waals surface area contributed by atoms with Gasteiger partial charge in [-0.25, -0.2) is 8.42 Å². The van der Waals surface area contributed by atoms with Gasteiger partial charge in [0.2, 0.25) is 0 Å². The molecule has 2 fully saturated rings. The Balaban J connectivity index is 1.61. The fourth-order valence-corrected chi connectivity index (χ4v) is 4.93. The second-order valence-corrected chi connectivity index (χ2v) is 8.42. The van der Waals surface area contributed by atoms with Crippen LogP contribution in [0.15, 0.2) is 24.3 Å². The molecule has 2 aliphatic rings. The highest BCUT2D eigenvalue weighted by atomic mass is 32.2. The zero-order valence-electron chi connectivity index (χ0n) is 12.4. The molecule has 116 valence electrons. The fourth-order valence-electron chi connectivity index (χ4n) is 3.29. The topological polar surface area (TPSA) is 49.4 Å². The Kier molecular flexibility index (Phi) is 4.38. The van der Waals surface area contributed by atoms with Crippen molar-refractivity contribution in [2.45, 2.75) is 38.1 Å². The van der Waals surface area contributed by atoms with Gasteiger partial charge in [0.1, 0.15) is 0 Å². The van der Waals surface area contributed by atoms with Crippen molar-refractivity contribution in [2.75, 3.05) is 34.8 Å². The first-order chi connectivity index (χ1) is 10.1. The van der Waals surface area contributed by atoms with Crippen LogP contribution in [0.3, 0.4) is 0 Å². The van der Waals surface area contributed by atoms with Gasteiger partial charge in [-0.2, -0.15) is 0 Å². The van der Waals surface area contributed by atoms with Crippen molar-refractivity contribution >= 4 is 21.2 Å². The molecule has 1 aromatic rings. The molecule has 1 aromatic carbocycles. The van der Waals surface area contributed by atoms with E-state index in [0.29, 0.717) is 5.75 Å². The molecular formula is C16H24N2O2S. The summed E-state index contributed by atoms with van der Waals surface area (Å²) in [6.45, 7) is 2.29. The number of anilines is 2. The summed E-state index contributed by atoms with van der Waals surface area (Å²) >= 11 is 0. The van der Waals surface area contributed by atoms with E-state index in [1.54, 1.807) is 0 Å². The summed E-state index contributed by atoms with van der Waals surface area (Å²) in [7, 11) is -2.85. The summed E-state index contributed by atoms with van der Waals surface area (Å²) in [5.41, 5.74) is 2.30. The molecule has 4 nitrogen and oxygen atoms in total. The van der Waals surface area contributed by atoms with Crippen LogP contribution in [-0.4, -0.2) is 39.1 Å². The quantitative estimate of drug-likeness (QED) is 0.932. The van der Waals surface area contributed by atoms with Gasteiger partial charge in [0.15, 0.2) is 9.84 Å². The molecule has 0 aliphatic carbocycles. The molecule has 21 heavy (non-hydrogen) atoms. The number of nitrogens with zero attached hydrogens (tertiary/aromatic N) is 1. The average molecular weight is 308 g/mol. The fraction of sp³-hybridized carbons (Fsp3) is 0.625. The summed E-state index contributed by atoms with van der Waals surface area (Å²) in [6.07, 6.45) is 5.60.